The van der Waals surface area contributed by atoms with Gasteiger partial charge in [0.1, 0.15) is 0 Å². The van der Waals surface area contributed by atoms with E-state index in [1.54, 1.807) is 0 Å². The number of carbonyl (C=O) groups excluding carboxylic acids is 1. The van der Waals surface area contributed by atoms with Gasteiger partial charge in [0.15, 0.2) is 0 Å². The highest BCUT2D eigenvalue weighted by Gasteiger charge is 2.29. The van der Waals surface area contributed by atoms with Crippen molar-refractivity contribution < 1.29 is 18.0 Å². The van der Waals surface area contributed by atoms with Crippen molar-refractivity contribution in [3.63, 3.8) is 0 Å². The van der Waals surface area contributed by atoms with Gasteiger partial charge >= 0.3 is 6.18 Å². The Balaban J connectivity index is 1.93. The number of alkyl halides is 3. The van der Waals surface area contributed by atoms with Gasteiger partial charge in [-0.1, -0.05) is 56.2 Å². The van der Waals surface area contributed by atoms with E-state index in [2.05, 4.69) is 0 Å². The minimum absolute atomic E-state index is 0.281. The van der Waals surface area contributed by atoms with Crippen molar-refractivity contribution in [2.75, 3.05) is 6.54 Å². The summed E-state index contributed by atoms with van der Waals surface area (Å²) in [6.45, 7) is 2.36. The van der Waals surface area contributed by atoms with E-state index in [1.165, 1.54) is 12.1 Å². The first kappa shape index (κ1) is 22.2. The van der Waals surface area contributed by atoms with Crippen molar-refractivity contribution in [1.29, 1.82) is 0 Å². The van der Waals surface area contributed by atoms with E-state index >= 15 is 0 Å². The van der Waals surface area contributed by atoms with Gasteiger partial charge in [0.05, 0.1) is 11.6 Å². The van der Waals surface area contributed by atoms with Gasteiger partial charge in [0.25, 0.3) is 5.91 Å². The van der Waals surface area contributed by atoms with Crippen molar-refractivity contribution in [1.82, 2.24) is 4.42 Å². The molecule has 0 saturated carbocycles. The van der Waals surface area contributed by atoms with Crippen LogP contribution in [-0.4, -0.2) is 22.9 Å². The molecular weight excluding hydrogens is 389 g/mol. The van der Waals surface area contributed by atoms with Crippen molar-refractivity contribution in [2.24, 2.45) is 5.73 Å². The summed E-state index contributed by atoms with van der Waals surface area (Å²) in [4.78, 5) is 12.1. The number of amides is 1. The highest BCUT2D eigenvalue weighted by Crippen LogP contribution is 2.31. The molecule has 0 heterocycles. The lowest BCUT2D eigenvalue weighted by Gasteiger charge is -2.18. The van der Waals surface area contributed by atoms with E-state index in [9.17, 15) is 18.0 Å². The van der Waals surface area contributed by atoms with Gasteiger partial charge in [-0.15, -0.1) is 0 Å². The van der Waals surface area contributed by atoms with Crippen molar-refractivity contribution in [2.45, 2.75) is 44.8 Å². The largest absolute Gasteiger partial charge is 0.416 e. The van der Waals surface area contributed by atoms with Crippen LogP contribution in [-0.2, 0) is 17.4 Å². The van der Waals surface area contributed by atoms with Crippen LogP contribution in [0.25, 0.3) is 11.1 Å². The Hall–Kier alpha value is -2.05. The Morgan fingerprint density at radius 2 is 1.61 bits per heavy atom. The number of benzene rings is 2. The third-order valence-corrected chi connectivity index (χ3v) is 4.86. The SMILES string of the molecule is CCCC[C@H](N)C(=O)N(Cl)CCc1ccc(-c2ccc(C(F)(F)F)cc2)cc1. The maximum Gasteiger partial charge on any atom is 0.416 e. The van der Waals surface area contributed by atoms with Gasteiger partial charge in [0.2, 0.25) is 0 Å². The summed E-state index contributed by atoms with van der Waals surface area (Å²) in [5.74, 6) is -0.281. The molecule has 7 heteroatoms. The van der Waals surface area contributed by atoms with Crippen LogP contribution in [0.1, 0.15) is 37.3 Å². The lowest BCUT2D eigenvalue weighted by atomic mass is 10.0. The molecule has 1 atom stereocenters. The number of hydrogen-bond donors (Lipinski definition) is 1. The molecule has 2 aromatic carbocycles. The van der Waals surface area contributed by atoms with Crippen molar-refractivity contribution >= 4 is 17.7 Å². The number of hydrogen-bond acceptors (Lipinski definition) is 2. The van der Waals surface area contributed by atoms with Gasteiger partial charge in [-0.25, -0.2) is 0 Å². The average molecular weight is 413 g/mol. The van der Waals surface area contributed by atoms with Gasteiger partial charge in [-0.05, 0) is 41.7 Å². The standard InChI is InChI=1S/C21H24ClF3N2O/c1-2-3-4-19(26)20(28)27(22)14-13-15-5-7-16(8-6-15)17-9-11-18(12-10-17)21(23,24)25/h5-12,19H,2-4,13-14,26H2,1H3/t19-/m0/s1. The number of carbonyl (C=O) groups is 1. The van der Waals surface area contributed by atoms with Crippen LogP contribution in [0.2, 0.25) is 0 Å². The summed E-state index contributed by atoms with van der Waals surface area (Å²) in [6, 6.07) is 11.9. The van der Waals surface area contributed by atoms with Gasteiger partial charge in [-0.2, -0.15) is 13.2 Å². The fraction of sp³-hybridized carbons (Fsp3) is 0.381. The summed E-state index contributed by atoms with van der Waals surface area (Å²) in [6.07, 6.45) is -1.33. The lowest BCUT2D eigenvalue weighted by molar-refractivity contribution is -0.137. The fourth-order valence-corrected chi connectivity index (χ4v) is 2.99. The highest BCUT2D eigenvalue weighted by atomic mass is 35.5. The summed E-state index contributed by atoms with van der Waals surface area (Å²) in [5.41, 5.74) is 7.67. The Bertz CT molecular complexity index is 761. The summed E-state index contributed by atoms with van der Waals surface area (Å²) in [5, 5.41) is 0. The van der Waals surface area contributed by atoms with Crippen LogP contribution >= 0.6 is 11.8 Å². The van der Waals surface area contributed by atoms with Crippen molar-refractivity contribution in [3.05, 3.63) is 59.7 Å². The van der Waals surface area contributed by atoms with Gasteiger partial charge in [0, 0.05) is 18.3 Å². The summed E-state index contributed by atoms with van der Waals surface area (Å²) in [7, 11) is 0. The molecule has 1 amide bonds. The molecule has 0 unspecified atom stereocenters. The Kier molecular flexibility index (Phi) is 7.89. The zero-order chi connectivity index (χ0) is 20.7. The van der Waals surface area contributed by atoms with Crippen LogP contribution in [0.15, 0.2) is 48.5 Å². The van der Waals surface area contributed by atoms with E-state index in [0.29, 0.717) is 24.9 Å². The summed E-state index contributed by atoms with van der Waals surface area (Å²) >= 11 is 6.05. The number of nitrogens with zero attached hydrogens (tertiary/aromatic N) is 1. The van der Waals surface area contributed by atoms with E-state index in [-0.39, 0.29) is 5.91 Å². The topological polar surface area (TPSA) is 46.3 Å². The highest BCUT2D eigenvalue weighted by molar-refractivity contribution is 6.21. The molecule has 28 heavy (non-hydrogen) atoms. The van der Waals surface area contributed by atoms with Crippen LogP contribution in [0, 0.1) is 0 Å². The Morgan fingerprint density at radius 3 is 2.11 bits per heavy atom. The first-order chi connectivity index (χ1) is 13.2. The molecule has 0 aliphatic heterocycles. The first-order valence-electron chi connectivity index (χ1n) is 9.21. The zero-order valence-corrected chi connectivity index (χ0v) is 16.4. The number of nitrogens with two attached hydrogens (primary N) is 1. The molecule has 0 spiro atoms. The monoisotopic (exact) mass is 412 g/mol. The number of unbranched alkanes of at least 4 members (excludes halogenated alkanes) is 1. The smallest absolute Gasteiger partial charge is 0.320 e. The third-order valence-electron chi connectivity index (χ3n) is 4.52. The second-order valence-electron chi connectivity index (χ2n) is 6.69. The van der Waals surface area contributed by atoms with Gasteiger partial charge < -0.3 is 5.73 Å². The predicted octanol–water partition coefficient (Wildman–Crippen LogP) is 5.41. The second kappa shape index (κ2) is 9.94. The van der Waals surface area contributed by atoms with Crippen LogP contribution in [0.4, 0.5) is 13.2 Å². The Labute approximate surface area is 168 Å². The molecule has 0 saturated heterocycles. The molecule has 0 aliphatic rings. The quantitative estimate of drug-likeness (QED) is 0.589. The summed E-state index contributed by atoms with van der Waals surface area (Å²) < 4.78 is 39.1. The molecule has 2 aromatic rings. The first-order valence-corrected chi connectivity index (χ1v) is 9.55. The maximum absolute atomic E-state index is 12.6. The predicted molar refractivity (Wildman–Crippen MR) is 106 cm³/mol. The number of halogens is 4. The zero-order valence-electron chi connectivity index (χ0n) is 15.7. The molecule has 0 bridgehead atoms. The van der Waals surface area contributed by atoms with Crippen molar-refractivity contribution in [3.8, 4) is 11.1 Å². The third kappa shape index (κ3) is 6.24. The van der Waals surface area contributed by atoms with Crippen LogP contribution in [0.5, 0.6) is 0 Å². The minimum Gasteiger partial charge on any atom is -0.320 e. The van der Waals surface area contributed by atoms with E-state index in [1.807, 2.05) is 31.2 Å². The molecule has 0 radical (unpaired) electrons. The molecule has 2 N–H and O–H groups in total. The molecular formula is C21H24ClF3N2O. The van der Waals surface area contributed by atoms with E-state index in [0.717, 1.165) is 40.5 Å². The molecule has 3 nitrogen and oxygen atoms in total. The van der Waals surface area contributed by atoms with E-state index in [4.69, 9.17) is 17.5 Å². The minimum atomic E-state index is -4.34. The van der Waals surface area contributed by atoms with Gasteiger partial charge in [-0.3, -0.25) is 9.21 Å². The average Bonchev–Trinajstić information content (AvgIpc) is 2.69. The van der Waals surface area contributed by atoms with Crippen LogP contribution in [0.3, 0.4) is 0 Å². The maximum atomic E-state index is 12.6. The fourth-order valence-electron chi connectivity index (χ4n) is 2.78. The van der Waals surface area contributed by atoms with E-state index < -0.39 is 17.8 Å². The normalized spacial score (nSPS) is 12.6. The second-order valence-corrected chi connectivity index (χ2v) is 7.10. The molecule has 152 valence electrons. The van der Waals surface area contributed by atoms with Crippen LogP contribution < -0.4 is 5.73 Å². The lowest BCUT2D eigenvalue weighted by Crippen LogP contribution is -2.39. The molecule has 0 fully saturated rings. The molecule has 2 rings (SSSR count). The molecule has 0 aromatic heterocycles. The molecule has 0 aliphatic carbocycles. The number of rotatable bonds is 8. The Morgan fingerprint density at radius 1 is 1.07 bits per heavy atom.